The molecule has 0 fully saturated rings. The fourth-order valence-corrected chi connectivity index (χ4v) is 3.47. The summed E-state index contributed by atoms with van der Waals surface area (Å²) in [5.41, 5.74) is 10.0. The summed E-state index contributed by atoms with van der Waals surface area (Å²) in [7, 11) is 3.31. The first kappa shape index (κ1) is 19.7. The van der Waals surface area contributed by atoms with Crippen LogP contribution in [0.15, 0.2) is 59.4 Å². The summed E-state index contributed by atoms with van der Waals surface area (Å²) >= 11 is 0. The number of nitrogens with zero attached hydrogens (tertiary/aromatic N) is 2. The highest BCUT2D eigenvalue weighted by Crippen LogP contribution is 2.30. The Labute approximate surface area is 165 Å². The molecule has 0 aliphatic carbocycles. The molecule has 0 aliphatic rings. The summed E-state index contributed by atoms with van der Waals surface area (Å²) in [5.74, 6) is 1.37. The summed E-state index contributed by atoms with van der Waals surface area (Å²) in [6.07, 6.45) is 2.75. The Bertz CT molecular complexity index is 1010. The Balaban J connectivity index is 1.93. The lowest BCUT2D eigenvalue weighted by Gasteiger charge is -2.18. The average Bonchev–Trinajstić information content (AvgIpc) is 2.72. The summed E-state index contributed by atoms with van der Waals surface area (Å²) in [5, 5.41) is 0. The van der Waals surface area contributed by atoms with Gasteiger partial charge in [0.1, 0.15) is 5.75 Å². The predicted molar refractivity (Wildman–Crippen MR) is 114 cm³/mol. The topological polar surface area (TPSA) is 70.1 Å². The quantitative estimate of drug-likeness (QED) is 0.671. The Kier molecular flexibility index (Phi) is 6.14. The van der Waals surface area contributed by atoms with Crippen LogP contribution in [0.4, 0.5) is 5.95 Å². The number of anilines is 1. The molecule has 1 aromatic heterocycles. The third kappa shape index (κ3) is 4.42. The predicted octanol–water partition coefficient (Wildman–Crippen LogP) is 4.16. The van der Waals surface area contributed by atoms with Crippen molar-refractivity contribution in [1.82, 2.24) is 9.55 Å². The molecule has 0 saturated carbocycles. The zero-order valence-corrected chi connectivity index (χ0v) is 16.7. The average molecular weight is 377 g/mol. The Morgan fingerprint density at radius 1 is 1.11 bits per heavy atom. The van der Waals surface area contributed by atoms with Crippen molar-refractivity contribution in [3.63, 3.8) is 0 Å². The highest BCUT2D eigenvalue weighted by molar-refractivity contribution is 5.66. The molecule has 0 aliphatic heterocycles. The Morgan fingerprint density at radius 3 is 2.50 bits per heavy atom. The molecule has 0 bridgehead atoms. The standard InChI is InChI=1S/C23H27N3O2/c1-4-7-16(13-20-15-22(27)26(2)23(24)25-20)17-8-5-9-18(12-17)19-10-6-11-21(14-19)28-3/h5-6,8-12,14-16H,4,7,13H2,1-3H3,(H2,24,25). The molecule has 0 amide bonds. The molecule has 2 N–H and O–H groups in total. The van der Waals surface area contributed by atoms with Gasteiger partial charge < -0.3 is 10.5 Å². The SMILES string of the molecule is CCCC(Cc1cc(=O)n(C)c(N)n1)c1cccc(-c2cccc(OC)c2)c1. The summed E-state index contributed by atoms with van der Waals surface area (Å²) < 4.78 is 6.71. The smallest absolute Gasteiger partial charge is 0.254 e. The molecule has 0 spiro atoms. The van der Waals surface area contributed by atoms with E-state index >= 15 is 0 Å². The Morgan fingerprint density at radius 2 is 1.82 bits per heavy atom. The van der Waals surface area contributed by atoms with Gasteiger partial charge in [-0.25, -0.2) is 4.98 Å². The maximum atomic E-state index is 12.1. The summed E-state index contributed by atoms with van der Waals surface area (Å²) in [6.45, 7) is 2.17. The van der Waals surface area contributed by atoms with Crippen molar-refractivity contribution in [3.8, 4) is 16.9 Å². The van der Waals surface area contributed by atoms with E-state index in [1.54, 1.807) is 20.2 Å². The van der Waals surface area contributed by atoms with Crippen LogP contribution in [0.3, 0.4) is 0 Å². The number of hydrogen-bond acceptors (Lipinski definition) is 4. The van der Waals surface area contributed by atoms with Crippen molar-refractivity contribution < 1.29 is 4.74 Å². The minimum absolute atomic E-state index is 0.122. The molecule has 0 radical (unpaired) electrons. The molecule has 0 saturated heterocycles. The third-order valence-electron chi connectivity index (χ3n) is 5.08. The summed E-state index contributed by atoms with van der Waals surface area (Å²) in [6, 6.07) is 18.2. The van der Waals surface area contributed by atoms with Crippen LogP contribution in [0.25, 0.3) is 11.1 Å². The van der Waals surface area contributed by atoms with Crippen molar-refractivity contribution in [2.24, 2.45) is 7.05 Å². The van der Waals surface area contributed by atoms with Crippen molar-refractivity contribution in [1.29, 1.82) is 0 Å². The largest absolute Gasteiger partial charge is 0.497 e. The lowest BCUT2D eigenvalue weighted by Crippen LogP contribution is -2.22. The summed E-state index contributed by atoms with van der Waals surface area (Å²) in [4.78, 5) is 16.5. The van der Waals surface area contributed by atoms with Gasteiger partial charge in [-0.15, -0.1) is 0 Å². The van der Waals surface area contributed by atoms with E-state index in [1.165, 1.54) is 10.1 Å². The fourth-order valence-electron chi connectivity index (χ4n) is 3.47. The van der Waals surface area contributed by atoms with Gasteiger partial charge in [0.25, 0.3) is 5.56 Å². The molecule has 3 rings (SSSR count). The molecule has 1 unspecified atom stereocenters. The van der Waals surface area contributed by atoms with Crippen molar-refractivity contribution in [2.75, 3.05) is 12.8 Å². The van der Waals surface area contributed by atoms with Crippen LogP contribution in [0.2, 0.25) is 0 Å². The van der Waals surface area contributed by atoms with Crippen LogP contribution >= 0.6 is 0 Å². The van der Waals surface area contributed by atoms with E-state index in [9.17, 15) is 4.79 Å². The van der Waals surface area contributed by atoms with Crippen LogP contribution in [0.5, 0.6) is 5.75 Å². The van der Waals surface area contributed by atoms with E-state index in [2.05, 4.69) is 42.2 Å². The number of nitrogen functional groups attached to an aromatic ring is 1. The van der Waals surface area contributed by atoms with Crippen LogP contribution in [0, 0.1) is 0 Å². The van der Waals surface area contributed by atoms with Gasteiger partial charge in [0.15, 0.2) is 0 Å². The number of hydrogen-bond donors (Lipinski definition) is 1. The van der Waals surface area contributed by atoms with Gasteiger partial charge in [-0.05, 0) is 47.6 Å². The molecule has 1 atom stereocenters. The fraction of sp³-hybridized carbons (Fsp3) is 0.304. The van der Waals surface area contributed by atoms with Gasteiger partial charge >= 0.3 is 0 Å². The molecule has 3 aromatic rings. The van der Waals surface area contributed by atoms with E-state index in [1.807, 2.05) is 18.2 Å². The minimum Gasteiger partial charge on any atom is -0.497 e. The lowest BCUT2D eigenvalue weighted by molar-refractivity contribution is 0.415. The van der Waals surface area contributed by atoms with Crippen molar-refractivity contribution in [2.45, 2.75) is 32.1 Å². The number of benzene rings is 2. The van der Waals surface area contributed by atoms with Gasteiger partial charge in [-0.1, -0.05) is 49.7 Å². The molecule has 1 heterocycles. The molecule has 146 valence electrons. The second kappa shape index (κ2) is 8.74. The first-order valence-corrected chi connectivity index (χ1v) is 9.58. The minimum atomic E-state index is -0.122. The first-order valence-electron chi connectivity index (χ1n) is 9.58. The third-order valence-corrected chi connectivity index (χ3v) is 5.08. The van der Waals surface area contributed by atoms with E-state index in [0.717, 1.165) is 35.4 Å². The van der Waals surface area contributed by atoms with Gasteiger partial charge in [0, 0.05) is 13.1 Å². The van der Waals surface area contributed by atoms with Crippen molar-refractivity contribution in [3.05, 3.63) is 76.2 Å². The molecule has 5 heteroatoms. The zero-order valence-electron chi connectivity index (χ0n) is 16.7. The number of methoxy groups -OCH3 is 1. The van der Waals surface area contributed by atoms with Gasteiger partial charge in [-0.3, -0.25) is 9.36 Å². The highest BCUT2D eigenvalue weighted by atomic mass is 16.5. The normalized spacial score (nSPS) is 12.0. The maximum Gasteiger partial charge on any atom is 0.254 e. The van der Waals surface area contributed by atoms with E-state index in [4.69, 9.17) is 10.5 Å². The van der Waals surface area contributed by atoms with E-state index in [-0.39, 0.29) is 17.4 Å². The van der Waals surface area contributed by atoms with Crippen molar-refractivity contribution >= 4 is 5.95 Å². The van der Waals surface area contributed by atoms with E-state index < -0.39 is 0 Å². The van der Waals surface area contributed by atoms with E-state index in [0.29, 0.717) is 6.42 Å². The monoisotopic (exact) mass is 377 g/mol. The van der Waals surface area contributed by atoms with Crippen LogP contribution in [-0.4, -0.2) is 16.7 Å². The molecular formula is C23H27N3O2. The Hall–Kier alpha value is -3.08. The van der Waals surface area contributed by atoms with Gasteiger partial charge in [0.05, 0.1) is 12.8 Å². The molecular weight excluding hydrogens is 350 g/mol. The number of rotatable bonds is 7. The number of ether oxygens (including phenoxy) is 1. The lowest BCUT2D eigenvalue weighted by atomic mass is 9.88. The van der Waals surface area contributed by atoms with Gasteiger partial charge in [0.2, 0.25) is 5.95 Å². The molecule has 5 nitrogen and oxygen atoms in total. The molecule has 2 aromatic carbocycles. The maximum absolute atomic E-state index is 12.1. The second-order valence-corrected chi connectivity index (χ2v) is 7.05. The van der Waals surface area contributed by atoms with Crippen LogP contribution < -0.4 is 16.0 Å². The van der Waals surface area contributed by atoms with Gasteiger partial charge in [-0.2, -0.15) is 0 Å². The molecule has 28 heavy (non-hydrogen) atoms. The number of nitrogens with two attached hydrogens (primary N) is 1. The first-order chi connectivity index (χ1) is 13.5. The second-order valence-electron chi connectivity index (χ2n) is 7.05. The van der Waals surface area contributed by atoms with Crippen LogP contribution in [0.1, 0.15) is 36.9 Å². The zero-order chi connectivity index (χ0) is 20.1. The highest BCUT2D eigenvalue weighted by Gasteiger charge is 2.15. The van der Waals surface area contributed by atoms with Crippen LogP contribution in [-0.2, 0) is 13.5 Å². The number of aromatic nitrogens is 2.